The van der Waals surface area contributed by atoms with Crippen LogP contribution in [-0.2, 0) is 4.74 Å². The van der Waals surface area contributed by atoms with E-state index in [2.05, 4.69) is 10.3 Å². The number of nitro groups is 1. The van der Waals surface area contributed by atoms with Gasteiger partial charge in [0.05, 0.1) is 18.1 Å². The van der Waals surface area contributed by atoms with Gasteiger partial charge in [0.25, 0.3) is 0 Å². The molecule has 19 heavy (non-hydrogen) atoms. The molecule has 8 heteroatoms. The minimum absolute atomic E-state index is 0.0940. The van der Waals surface area contributed by atoms with Crippen molar-refractivity contribution in [3.63, 3.8) is 0 Å². The van der Waals surface area contributed by atoms with Crippen LogP contribution in [0.1, 0.15) is 0 Å². The lowest BCUT2D eigenvalue weighted by molar-refractivity contribution is -0.384. The van der Waals surface area contributed by atoms with Crippen LogP contribution in [-0.4, -0.2) is 55.2 Å². The van der Waals surface area contributed by atoms with Gasteiger partial charge < -0.3 is 20.7 Å². The summed E-state index contributed by atoms with van der Waals surface area (Å²) in [6, 6.07) is 2.85. The predicted octanol–water partition coefficient (Wildman–Crippen LogP) is 0.562. The molecule has 8 nitrogen and oxygen atoms in total. The zero-order valence-corrected chi connectivity index (χ0v) is 11.1. The van der Waals surface area contributed by atoms with Crippen molar-refractivity contribution >= 4 is 17.3 Å². The maximum absolute atomic E-state index is 10.6. The van der Waals surface area contributed by atoms with Crippen molar-refractivity contribution in [2.45, 2.75) is 0 Å². The first kappa shape index (κ1) is 15.1. The summed E-state index contributed by atoms with van der Waals surface area (Å²) >= 11 is 0. The maximum atomic E-state index is 10.6. The number of nitrogen functional groups attached to an aromatic ring is 1. The van der Waals surface area contributed by atoms with E-state index in [1.54, 1.807) is 0 Å². The van der Waals surface area contributed by atoms with Gasteiger partial charge >= 0.3 is 5.69 Å². The van der Waals surface area contributed by atoms with Crippen LogP contribution in [0, 0.1) is 10.1 Å². The number of likely N-dealkylation sites (N-methyl/N-ethyl adjacent to an activating group) is 1. The number of rotatable bonds is 8. The lowest BCUT2D eigenvalue weighted by Crippen LogP contribution is -2.20. The van der Waals surface area contributed by atoms with Gasteiger partial charge in [-0.2, -0.15) is 0 Å². The monoisotopic (exact) mass is 269 g/mol. The molecule has 0 spiro atoms. The second kappa shape index (κ2) is 7.49. The Balaban J connectivity index is 2.30. The molecule has 0 saturated heterocycles. The summed E-state index contributed by atoms with van der Waals surface area (Å²) in [5, 5.41) is 13.5. The number of hydrogen-bond acceptors (Lipinski definition) is 7. The van der Waals surface area contributed by atoms with Crippen LogP contribution in [0.2, 0.25) is 0 Å². The quantitative estimate of drug-likeness (QED) is 0.403. The molecule has 0 atom stereocenters. The molecule has 0 bridgehead atoms. The Morgan fingerprint density at radius 3 is 2.79 bits per heavy atom. The van der Waals surface area contributed by atoms with Gasteiger partial charge in [-0.1, -0.05) is 0 Å². The predicted molar refractivity (Wildman–Crippen MR) is 73.2 cm³/mol. The number of hydrogen-bond donors (Lipinski definition) is 2. The summed E-state index contributed by atoms with van der Waals surface area (Å²) in [5.41, 5.74) is 5.29. The number of nitrogens with one attached hydrogen (secondary N) is 1. The molecule has 3 N–H and O–H groups in total. The molecule has 0 fully saturated rings. The summed E-state index contributed by atoms with van der Waals surface area (Å²) in [6.45, 7) is 2.62. The summed E-state index contributed by atoms with van der Waals surface area (Å²) in [5.74, 6) is 0.405. The molecule has 0 aliphatic rings. The molecule has 1 aromatic heterocycles. The van der Waals surface area contributed by atoms with Crippen molar-refractivity contribution in [2.24, 2.45) is 0 Å². The summed E-state index contributed by atoms with van der Waals surface area (Å²) in [7, 11) is 3.95. The highest BCUT2D eigenvalue weighted by molar-refractivity contribution is 5.57. The standard InChI is InChI=1S/C11H19N5O3/c1-15(2)6-8-19-7-5-13-10-4-3-9(16(17)18)11(12)14-10/h3-4H,5-8H2,1-2H3,(H3,12,13,14). The fourth-order valence-electron chi connectivity index (χ4n) is 1.32. The van der Waals surface area contributed by atoms with E-state index in [0.717, 1.165) is 6.54 Å². The van der Waals surface area contributed by atoms with Crippen LogP contribution >= 0.6 is 0 Å². The van der Waals surface area contributed by atoms with Crippen LogP contribution in [0.15, 0.2) is 12.1 Å². The molecule has 0 saturated carbocycles. The number of ether oxygens (including phenoxy) is 1. The van der Waals surface area contributed by atoms with E-state index < -0.39 is 4.92 Å². The van der Waals surface area contributed by atoms with Gasteiger partial charge in [0, 0.05) is 19.2 Å². The molecule has 0 aliphatic heterocycles. The largest absolute Gasteiger partial charge is 0.378 e. The fraction of sp³-hybridized carbons (Fsp3) is 0.545. The highest BCUT2D eigenvalue weighted by Crippen LogP contribution is 2.20. The first-order valence-corrected chi connectivity index (χ1v) is 5.88. The average Bonchev–Trinajstić information content (AvgIpc) is 2.32. The minimum Gasteiger partial charge on any atom is -0.378 e. The van der Waals surface area contributed by atoms with Crippen LogP contribution in [0.25, 0.3) is 0 Å². The molecule has 106 valence electrons. The first-order valence-electron chi connectivity index (χ1n) is 5.88. The van der Waals surface area contributed by atoms with Gasteiger partial charge in [0.1, 0.15) is 5.82 Å². The Kier molecular flexibility index (Phi) is 5.97. The molecule has 1 heterocycles. The van der Waals surface area contributed by atoms with Crippen LogP contribution in [0.4, 0.5) is 17.3 Å². The Bertz CT molecular complexity index is 425. The van der Waals surface area contributed by atoms with Gasteiger partial charge in [-0.05, 0) is 20.2 Å². The third-order valence-electron chi connectivity index (χ3n) is 2.33. The Labute approximate surface area is 111 Å². The highest BCUT2D eigenvalue weighted by Gasteiger charge is 2.12. The zero-order chi connectivity index (χ0) is 14.3. The van der Waals surface area contributed by atoms with Crippen molar-refractivity contribution in [1.82, 2.24) is 9.88 Å². The third-order valence-corrected chi connectivity index (χ3v) is 2.33. The second-order valence-corrected chi connectivity index (χ2v) is 4.20. The van der Waals surface area contributed by atoms with E-state index in [1.165, 1.54) is 12.1 Å². The smallest absolute Gasteiger partial charge is 0.311 e. The van der Waals surface area contributed by atoms with Crippen molar-refractivity contribution < 1.29 is 9.66 Å². The molecule has 0 radical (unpaired) electrons. The number of nitrogens with zero attached hydrogens (tertiary/aromatic N) is 3. The van der Waals surface area contributed by atoms with Crippen molar-refractivity contribution in [3.8, 4) is 0 Å². The van der Waals surface area contributed by atoms with E-state index in [1.807, 2.05) is 19.0 Å². The van der Waals surface area contributed by atoms with Crippen molar-refractivity contribution in [2.75, 3.05) is 51.4 Å². The van der Waals surface area contributed by atoms with E-state index in [0.29, 0.717) is 25.6 Å². The summed E-state index contributed by atoms with van der Waals surface area (Å²) < 4.78 is 5.39. The van der Waals surface area contributed by atoms with Gasteiger partial charge in [0.15, 0.2) is 0 Å². The SMILES string of the molecule is CN(C)CCOCCNc1ccc([N+](=O)[O-])c(N)n1. The Morgan fingerprint density at radius 1 is 1.47 bits per heavy atom. The second-order valence-electron chi connectivity index (χ2n) is 4.20. The number of pyridine rings is 1. The van der Waals surface area contributed by atoms with Gasteiger partial charge in [-0.15, -0.1) is 0 Å². The molecule has 1 rings (SSSR count). The Hall–Kier alpha value is -1.93. The zero-order valence-electron chi connectivity index (χ0n) is 11.1. The summed E-state index contributed by atoms with van der Waals surface area (Å²) in [4.78, 5) is 15.9. The maximum Gasteiger partial charge on any atom is 0.311 e. The molecule has 1 aromatic rings. The molecule has 0 unspecified atom stereocenters. The lowest BCUT2D eigenvalue weighted by Gasteiger charge is -2.10. The van der Waals surface area contributed by atoms with E-state index in [-0.39, 0.29) is 11.5 Å². The number of aromatic nitrogens is 1. The molecule has 0 aromatic carbocycles. The third kappa shape index (κ3) is 5.49. The molecular formula is C11H19N5O3. The molecule has 0 aliphatic carbocycles. The van der Waals surface area contributed by atoms with Gasteiger partial charge in [-0.3, -0.25) is 10.1 Å². The van der Waals surface area contributed by atoms with E-state index >= 15 is 0 Å². The first-order chi connectivity index (χ1) is 9.00. The van der Waals surface area contributed by atoms with Crippen LogP contribution in [0.3, 0.4) is 0 Å². The number of nitrogens with two attached hydrogens (primary N) is 1. The highest BCUT2D eigenvalue weighted by atomic mass is 16.6. The lowest BCUT2D eigenvalue weighted by atomic mass is 10.4. The van der Waals surface area contributed by atoms with E-state index in [4.69, 9.17) is 10.5 Å². The van der Waals surface area contributed by atoms with Crippen molar-refractivity contribution in [1.29, 1.82) is 0 Å². The van der Waals surface area contributed by atoms with Crippen molar-refractivity contribution in [3.05, 3.63) is 22.2 Å². The Morgan fingerprint density at radius 2 is 2.21 bits per heavy atom. The fourth-order valence-corrected chi connectivity index (χ4v) is 1.32. The average molecular weight is 269 g/mol. The topological polar surface area (TPSA) is 107 Å². The normalized spacial score (nSPS) is 10.7. The van der Waals surface area contributed by atoms with E-state index in [9.17, 15) is 10.1 Å². The van der Waals surface area contributed by atoms with Gasteiger partial charge in [0.2, 0.25) is 5.82 Å². The molecule has 0 amide bonds. The summed E-state index contributed by atoms with van der Waals surface area (Å²) in [6.07, 6.45) is 0. The van der Waals surface area contributed by atoms with Crippen LogP contribution < -0.4 is 11.1 Å². The minimum atomic E-state index is -0.559. The number of anilines is 2. The van der Waals surface area contributed by atoms with Crippen LogP contribution in [0.5, 0.6) is 0 Å². The molecular weight excluding hydrogens is 250 g/mol. The van der Waals surface area contributed by atoms with Gasteiger partial charge in [-0.25, -0.2) is 4.98 Å².